The molecule has 0 spiro atoms. The van der Waals surface area contributed by atoms with Gasteiger partial charge in [-0.25, -0.2) is 9.78 Å². The van der Waals surface area contributed by atoms with Gasteiger partial charge in [-0.3, -0.25) is 4.57 Å². The van der Waals surface area contributed by atoms with Crippen LogP contribution >= 0.6 is 11.8 Å². The molecule has 0 saturated heterocycles. The van der Waals surface area contributed by atoms with Crippen molar-refractivity contribution in [2.75, 3.05) is 12.3 Å². The van der Waals surface area contributed by atoms with Crippen LogP contribution in [0, 0.1) is 20.8 Å². The minimum absolute atomic E-state index is 0.177. The number of ether oxygens (including phenoxy) is 1. The van der Waals surface area contributed by atoms with Crippen molar-refractivity contribution in [3.8, 4) is 5.69 Å². The Morgan fingerprint density at radius 2 is 2.06 bits per heavy atom. The molecule has 0 fully saturated rings. The van der Waals surface area contributed by atoms with E-state index in [2.05, 4.69) is 46.1 Å². The van der Waals surface area contributed by atoms with Gasteiger partial charge in [-0.05, 0) is 39.3 Å². The van der Waals surface area contributed by atoms with Crippen LogP contribution in [-0.2, 0) is 10.5 Å². The first-order valence-corrected chi connectivity index (χ1v) is 10.7. The normalized spacial score (nSPS) is 11.2. The third-order valence-electron chi connectivity index (χ3n) is 4.74. The summed E-state index contributed by atoms with van der Waals surface area (Å²) < 4.78 is 12.7. The van der Waals surface area contributed by atoms with Gasteiger partial charge < -0.3 is 14.9 Å². The molecule has 31 heavy (non-hydrogen) atoms. The fraction of sp³-hybridized carbons (Fsp3) is 0.286. The highest BCUT2D eigenvalue weighted by Gasteiger charge is 2.24. The van der Waals surface area contributed by atoms with E-state index in [9.17, 15) is 4.79 Å². The summed E-state index contributed by atoms with van der Waals surface area (Å²) in [5.41, 5.74) is 10.0. The number of furan rings is 1. The number of carbonyl (C=O) groups excluding carboxylic acids is 1. The lowest BCUT2D eigenvalue weighted by molar-refractivity contribution is 0.0526. The van der Waals surface area contributed by atoms with Gasteiger partial charge in [0.05, 0.1) is 23.4 Å². The third kappa shape index (κ3) is 3.98. The van der Waals surface area contributed by atoms with Gasteiger partial charge in [0, 0.05) is 0 Å². The van der Waals surface area contributed by atoms with Crippen LogP contribution in [0.15, 0.2) is 34.1 Å². The second kappa shape index (κ2) is 8.38. The highest BCUT2D eigenvalue weighted by Crippen LogP contribution is 2.30. The number of hydrogen-bond donors (Lipinski definition) is 1. The Morgan fingerprint density at radius 3 is 2.81 bits per heavy atom. The molecule has 0 saturated carbocycles. The molecule has 0 aliphatic heterocycles. The summed E-state index contributed by atoms with van der Waals surface area (Å²) in [6, 6.07) is 6.21. The van der Waals surface area contributed by atoms with Crippen molar-refractivity contribution in [1.29, 1.82) is 0 Å². The number of thioether (sulfide) groups is 1. The average molecular weight is 439 g/mol. The zero-order valence-corrected chi connectivity index (χ0v) is 18.5. The first-order chi connectivity index (χ1) is 14.9. The summed E-state index contributed by atoms with van der Waals surface area (Å²) in [6.45, 7) is 7.77. The number of rotatable bonds is 6. The van der Waals surface area contributed by atoms with Crippen molar-refractivity contribution in [3.05, 3.63) is 52.8 Å². The molecule has 0 atom stereocenters. The molecule has 9 nitrogen and oxygen atoms in total. The van der Waals surface area contributed by atoms with Gasteiger partial charge in [0.15, 0.2) is 5.16 Å². The second-order valence-corrected chi connectivity index (χ2v) is 7.96. The SMILES string of the molecule is CCOC(=O)c1c(C)oc2nc(CSc3nncn3-c3ccc(C)cc3C)nc(N)c12. The van der Waals surface area contributed by atoms with E-state index in [1.54, 1.807) is 20.2 Å². The summed E-state index contributed by atoms with van der Waals surface area (Å²) >= 11 is 1.43. The van der Waals surface area contributed by atoms with Crippen LogP contribution in [0.4, 0.5) is 5.82 Å². The number of aromatic nitrogens is 5. The number of fused-ring (bicyclic) bond motifs is 1. The summed E-state index contributed by atoms with van der Waals surface area (Å²) in [5.74, 6) is 0.940. The first-order valence-electron chi connectivity index (χ1n) is 9.72. The maximum Gasteiger partial charge on any atom is 0.342 e. The second-order valence-electron chi connectivity index (χ2n) is 7.02. The Kier molecular flexibility index (Phi) is 5.64. The molecule has 4 rings (SSSR count). The predicted molar refractivity (Wildman–Crippen MR) is 117 cm³/mol. The van der Waals surface area contributed by atoms with Gasteiger partial charge in [-0.1, -0.05) is 29.5 Å². The van der Waals surface area contributed by atoms with Crippen LogP contribution in [0.25, 0.3) is 16.8 Å². The maximum absolute atomic E-state index is 12.3. The van der Waals surface area contributed by atoms with Crippen molar-refractivity contribution in [1.82, 2.24) is 24.7 Å². The van der Waals surface area contributed by atoms with Crippen LogP contribution in [0.2, 0.25) is 0 Å². The van der Waals surface area contributed by atoms with Gasteiger partial charge in [0.25, 0.3) is 0 Å². The van der Waals surface area contributed by atoms with E-state index in [1.807, 2.05) is 10.6 Å². The number of aryl methyl sites for hydroxylation is 3. The molecule has 4 aromatic rings. The first kappa shape index (κ1) is 20.9. The molecular formula is C21H22N6O3S. The number of benzene rings is 1. The lowest BCUT2D eigenvalue weighted by Gasteiger charge is -2.10. The Labute approximate surface area is 183 Å². The summed E-state index contributed by atoms with van der Waals surface area (Å²) in [7, 11) is 0. The van der Waals surface area contributed by atoms with Crippen molar-refractivity contribution in [3.63, 3.8) is 0 Å². The van der Waals surface area contributed by atoms with Crippen LogP contribution in [0.1, 0.15) is 40.0 Å². The molecule has 0 aliphatic carbocycles. The minimum Gasteiger partial charge on any atom is -0.462 e. The predicted octanol–water partition coefficient (Wildman–Crippen LogP) is 3.78. The van der Waals surface area contributed by atoms with Gasteiger partial charge in [0.1, 0.15) is 29.3 Å². The van der Waals surface area contributed by atoms with E-state index in [4.69, 9.17) is 14.9 Å². The van der Waals surface area contributed by atoms with E-state index in [0.29, 0.717) is 27.9 Å². The number of anilines is 1. The smallest absolute Gasteiger partial charge is 0.342 e. The molecule has 0 bridgehead atoms. The summed E-state index contributed by atoms with van der Waals surface area (Å²) in [6.07, 6.45) is 1.68. The van der Waals surface area contributed by atoms with Crippen LogP contribution < -0.4 is 5.73 Å². The molecule has 10 heteroatoms. The Balaban J connectivity index is 1.61. The van der Waals surface area contributed by atoms with Crippen molar-refractivity contribution >= 4 is 34.6 Å². The van der Waals surface area contributed by atoms with Crippen LogP contribution in [0.5, 0.6) is 0 Å². The number of nitrogens with zero attached hydrogens (tertiary/aromatic N) is 5. The number of nitrogen functional groups attached to an aromatic ring is 1. The lowest BCUT2D eigenvalue weighted by atomic mass is 10.1. The molecule has 0 unspecified atom stereocenters. The number of hydrogen-bond acceptors (Lipinski definition) is 9. The third-order valence-corrected chi connectivity index (χ3v) is 5.68. The molecule has 160 valence electrons. The quantitative estimate of drug-likeness (QED) is 0.354. The highest BCUT2D eigenvalue weighted by molar-refractivity contribution is 7.98. The van der Waals surface area contributed by atoms with Crippen molar-refractivity contribution in [2.24, 2.45) is 0 Å². The molecule has 1 aromatic carbocycles. The average Bonchev–Trinajstić information content (AvgIpc) is 3.30. The fourth-order valence-electron chi connectivity index (χ4n) is 3.39. The summed E-state index contributed by atoms with van der Waals surface area (Å²) in [5, 5.41) is 9.36. The van der Waals surface area contributed by atoms with Gasteiger partial charge in [-0.15, -0.1) is 10.2 Å². The van der Waals surface area contributed by atoms with E-state index in [1.165, 1.54) is 17.3 Å². The van der Waals surface area contributed by atoms with Crippen LogP contribution in [0.3, 0.4) is 0 Å². The lowest BCUT2D eigenvalue weighted by Crippen LogP contribution is -2.07. The molecule has 0 amide bonds. The zero-order chi connectivity index (χ0) is 22.1. The number of nitrogens with two attached hydrogens (primary N) is 1. The Hall–Kier alpha value is -3.40. The van der Waals surface area contributed by atoms with Gasteiger partial charge in [-0.2, -0.15) is 4.98 Å². The number of carbonyl (C=O) groups is 1. The Morgan fingerprint density at radius 1 is 1.26 bits per heavy atom. The Bertz CT molecular complexity index is 1280. The topological polar surface area (TPSA) is 122 Å². The van der Waals surface area contributed by atoms with Crippen molar-refractivity contribution in [2.45, 2.75) is 38.6 Å². The standard InChI is InChI=1S/C21H22N6O3S/c1-5-29-20(28)16-13(4)30-19-17(16)18(22)24-15(25-19)9-31-21-26-23-10-27(21)14-7-6-11(2)8-12(14)3/h6-8,10H,5,9H2,1-4H3,(H2,22,24,25). The van der Waals surface area contributed by atoms with E-state index in [-0.39, 0.29) is 23.7 Å². The van der Waals surface area contributed by atoms with E-state index in [0.717, 1.165) is 11.3 Å². The zero-order valence-electron chi connectivity index (χ0n) is 17.7. The molecule has 2 N–H and O–H groups in total. The monoisotopic (exact) mass is 438 g/mol. The summed E-state index contributed by atoms with van der Waals surface area (Å²) in [4.78, 5) is 21.1. The molecule has 3 aromatic heterocycles. The molecular weight excluding hydrogens is 416 g/mol. The van der Waals surface area contributed by atoms with Crippen LogP contribution in [-0.4, -0.2) is 37.3 Å². The van der Waals surface area contributed by atoms with E-state index < -0.39 is 5.97 Å². The van der Waals surface area contributed by atoms with Gasteiger partial charge in [0.2, 0.25) is 5.71 Å². The highest BCUT2D eigenvalue weighted by atomic mass is 32.2. The largest absolute Gasteiger partial charge is 0.462 e. The fourth-order valence-corrected chi connectivity index (χ4v) is 4.17. The molecule has 0 aliphatic rings. The number of esters is 1. The van der Waals surface area contributed by atoms with Crippen molar-refractivity contribution < 1.29 is 13.9 Å². The minimum atomic E-state index is -0.502. The maximum atomic E-state index is 12.3. The molecule has 0 radical (unpaired) electrons. The van der Waals surface area contributed by atoms with E-state index >= 15 is 0 Å². The van der Waals surface area contributed by atoms with Gasteiger partial charge >= 0.3 is 5.97 Å². The molecule has 3 heterocycles.